The van der Waals surface area contributed by atoms with E-state index in [1.165, 1.54) is 47.7 Å². The van der Waals surface area contributed by atoms with Crippen molar-refractivity contribution in [1.29, 1.82) is 0 Å². The minimum Gasteiger partial charge on any atom is -0.508 e. The summed E-state index contributed by atoms with van der Waals surface area (Å²) in [6.45, 7) is 5.93. The number of carboxylic acid groups (broad SMARTS) is 1. The van der Waals surface area contributed by atoms with Gasteiger partial charge < -0.3 is 78.9 Å². The van der Waals surface area contributed by atoms with Crippen LogP contribution in [0.2, 0.25) is 0 Å². The Labute approximate surface area is 643 Å². The summed E-state index contributed by atoms with van der Waals surface area (Å²) < 4.78 is 0. The fourth-order valence-corrected chi connectivity index (χ4v) is 15.2. The molecule has 578 valence electrons. The number of aromatic amines is 2. The van der Waals surface area contributed by atoms with Gasteiger partial charge in [-0.1, -0.05) is 122 Å². The van der Waals surface area contributed by atoms with Crippen LogP contribution in [-0.2, 0) is 80.0 Å². The number of carbonyl (C=O) groups excluding carboxylic acids is 9. The molecule has 0 bridgehead atoms. The lowest BCUT2D eigenvalue weighted by Crippen LogP contribution is -2.62. The number of rotatable bonds is 39. The number of fused-ring (bicyclic) bond motifs is 4. The maximum atomic E-state index is 15.1. The lowest BCUT2D eigenvalue weighted by Gasteiger charge is -2.47. The van der Waals surface area contributed by atoms with Crippen molar-refractivity contribution in [1.82, 2.24) is 62.7 Å². The molecule has 2 unspecified atom stereocenters. The van der Waals surface area contributed by atoms with Crippen molar-refractivity contribution in [2.24, 2.45) is 11.7 Å². The Morgan fingerprint density at radius 3 is 1.80 bits per heavy atom. The number of amides is 9. The predicted molar refractivity (Wildman–Crippen MR) is 422 cm³/mol. The quantitative estimate of drug-likeness (QED) is 0.0181. The van der Waals surface area contributed by atoms with Crippen LogP contribution in [-0.4, -0.2) is 187 Å². The molecule has 0 radical (unpaired) electrons. The smallest absolute Gasteiger partial charge is 0.326 e. The number of likely N-dealkylation sites (tertiary alicyclic amines) is 1. The first-order valence-corrected chi connectivity index (χ1v) is 38.6. The molecule has 1 saturated heterocycles. The molecule has 12 atom stereocenters. The third-order valence-electron chi connectivity index (χ3n) is 20.4. The summed E-state index contributed by atoms with van der Waals surface area (Å²) in [5.74, 6) is -8.49. The molecular weight excluding hydrogens is 1430 g/mol. The number of aromatic hydroxyl groups is 1. The molecule has 0 spiro atoms. The van der Waals surface area contributed by atoms with Crippen molar-refractivity contribution in [3.63, 3.8) is 0 Å². The van der Waals surface area contributed by atoms with E-state index in [1.807, 2.05) is 42.5 Å². The van der Waals surface area contributed by atoms with E-state index in [0.717, 1.165) is 48.6 Å². The third-order valence-corrected chi connectivity index (χ3v) is 21.1. The number of carbonyl (C=O) groups is 10. The number of carboxylic acids is 1. The van der Waals surface area contributed by atoms with Crippen LogP contribution in [0.1, 0.15) is 105 Å². The van der Waals surface area contributed by atoms with E-state index >= 15 is 9.59 Å². The highest BCUT2D eigenvalue weighted by Crippen LogP contribution is 2.45. The molecule has 2 aromatic heterocycles. The van der Waals surface area contributed by atoms with Crippen LogP contribution < -0.4 is 53.6 Å². The second-order valence-corrected chi connectivity index (χ2v) is 29.2. The Bertz CT molecular complexity index is 4500. The van der Waals surface area contributed by atoms with Crippen molar-refractivity contribution in [2.45, 2.75) is 164 Å². The number of H-pyrrole nitrogens is 2. The van der Waals surface area contributed by atoms with Crippen molar-refractivity contribution >= 4 is 117 Å². The van der Waals surface area contributed by atoms with Gasteiger partial charge in [0, 0.05) is 109 Å². The van der Waals surface area contributed by atoms with Gasteiger partial charge in [-0.15, -0.1) is 0 Å². The van der Waals surface area contributed by atoms with Gasteiger partial charge in [-0.2, -0.15) is 25.3 Å². The van der Waals surface area contributed by atoms with Crippen molar-refractivity contribution < 1.29 is 63.3 Å². The van der Waals surface area contributed by atoms with Gasteiger partial charge in [0.15, 0.2) is 0 Å². The molecule has 6 aromatic carbocycles. The first-order valence-electron chi connectivity index (χ1n) is 37.3. The molecule has 10 rings (SSSR count). The number of nitrogens with two attached hydrogens (primary N) is 1. The van der Waals surface area contributed by atoms with Gasteiger partial charge in [-0.05, 0) is 139 Å². The van der Waals surface area contributed by atoms with Gasteiger partial charge in [-0.25, -0.2) is 4.79 Å². The van der Waals surface area contributed by atoms with E-state index in [0.29, 0.717) is 58.1 Å². The number of phenols is 1. The van der Waals surface area contributed by atoms with Crippen LogP contribution in [0.25, 0.3) is 32.6 Å². The SMILES string of the molecule is CCCN1C[C@H](CNC(=O)CCCC(=O)N[C@H](Cc2ccccc2)C(=O)N[C@@H](CS)C(=O)N[C@@H](Cc2ccc(O)cc2)C(=O)N[C@H](Cc2c[nH]c3ccccc23)C(=O)N[C@@H](CCCCN)C(=O)N[C@H](C(=O)N[C@@H](CS)C(=O)N[C@@H](Cc2ccc3ccccc3c2)C(=O)O)[C@@H](C)O)CC2c3cccc4[nH]cc(c34)CC21. The number of aliphatic carboxylic acids is 1. The molecule has 3 heterocycles. The Hall–Kier alpha value is -10.3. The molecule has 1 aliphatic carbocycles. The maximum Gasteiger partial charge on any atom is 0.326 e. The maximum absolute atomic E-state index is 15.1. The zero-order valence-corrected chi connectivity index (χ0v) is 62.9. The summed E-state index contributed by atoms with van der Waals surface area (Å²) in [7, 11) is 0. The highest BCUT2D eigenvalue weighted by atomic mass is 32.1. The summed E-state index contributed by atoms with van der Waals surface area (Å²) in [5.41, 5.74) is 12.8. The van der Waals surface area contributed by atoms with E-state index in [4.69, 9.17) is 5.73 Å². The predicted octanol–water partition coefficient (Wildman–Crippen LogP) is 4.84. The minimum absolute atomic E-state index is 0.0132. The largest absolute Gasteiger partial charge is 0.508 e. The van der Waals surface area contributed by atoms with Crippen LogP contribution in [0.5, 0.6) is 5.75 Å². The van der Waals surface area contributed by atoms with E-state index in [1.54, 1.807) is 60.8 Å². The summed E-state index contributed by atoms with van der Waals surface area (Å²) in [5, 5.41) is 59.7. The molecule has 2 aliphatic rings. The van der Waals surface area contributed by atoms with Gasteiger partial charge in [0.2, 0.25) is 53.2 Å². The molecule has 9 amide bonds. The van der Waals surface area contributed by atoms with Gasteiger partial charge in [0.1, 0.15) is 54.1 Å². The van der Waals surface area contributed by atoms with E-state index < -0.39 is 108 Å². The fraction of sp³-hybridized carbons (Fsp3) is 0.407. The molecule has 1 fully saturated rings. The number of aromatic nitrogens is 2. The highest BCUT2D eigenvalue weighted by molar-refractivity contribution is 7.80. The number of piperidine rings is 1. The van der Waals surface area contributed by atoms with Gasteiger partial charge in [0.25, 0.3) is 0 Å². The topological polar surface area (TPSA) is 400 Å². The Kier molecular flexibility index (Phi) is 29.2. The van der Waals surface area contributed by atoms with Crippen molar-refractivity contribution in [2.75, 3.05) is 37.7 Å². The molecule has 26 nitrogen and oxygen atoms in total. The van der Waals surface area contributed by atoms with E-state index in [9.17, 15) is 53.7 Å². The van der Waals surface area contributed by atoms with Crippen LogP contribution in [0.15, 0.2) is 152 Å². The molecule has 0 saturated carbocycles. The minimum atomic E-state index is -1.75. The number of para-hydroxylation sites is 1. The number of aliphatic hydroxyl groups is 1. The van der Waals surface area contributed by atoms with Crippen molar-refractivity contribution in [3.8, 4) is 5.75 Å². The number of hydrogen-bond donors (Lipinski definition) is 17. The van der Waals surface area contributed by atoms with Crippen LogP contribution in [0.4, 0.5) is 0 Å². The average Bonchev–Trinajstić information content (AvgIpc) is 1.68. The van der Waals surface area contributed by atoms with Crippen LogP contribution in [0, 0.1) is 5.92 Å². The molecule has 1 aliphatic heterocycles. The lowest BCUT2D eigenvalue weighted by atomic mass is 9.72. The zero-order chi connectivity index (χ0) is 77.7. The molecular formula is C81H99N13O13S2. The number of aliphatic hydroxyl groups excluding tert-OH is 1. The Morgan fingerprint density at radius 1 is 0.560 bits per heavy atom. The average molecular weight is 1530 g/mol. The van der Waals surface area contributed by atoms with E-state index in [-0.39, 0.29) is 93.4 Å². The van der Waals surface area contributed by atoms with Gasteiger partial charge >= 0.3 is 5.97 Å². The first-order chi connectivity index (χ1) is 52.6. The number of benzene rings is 6. The zero-order valence-electron chi connectivity index (χ0n) is 61.1. The number of hydrogen-bond acceptors (Lipinski definition) is 16. The fourth-order valence-electron chi connectivity index (χ4n) is 14.7. The Balaban J connectivity index is 0.797. The number of nitrogens with zero attached hydrogens (tertiary/aromatic N) is 1. The molecule has 28 heteroatoms. The first kappa shape index (κ1) is 81.3. The number of thiol groups is 2. The number of nitrogens with one attached hydrogen (secondary N) is 11. The number of phenolic OH excluding ortho intramolecular Hbond substituents is 1. The summed E-state index contributed by atoms with van der Waals surface area (Å²) in [4.78, 5) is 151. The summed E-state index contributed by atoms with van der Waals surface area (Å²) >= 11 is 8.73. The highest BCUT2D eigenvalue weighted by Gasteiger charge is 2.42. The lowest BCUT2D eigenvalue weighted by molar-refractivity contribution is -0.142. The Morgan fingerprint density at radius 2 is 1.12 bits per heavy atom. The molecule has 109 heavy (non-hydrogen) atoms. The second kappa shape index (κ2) is 39.2. The summed E-state index contributed by atoms with van der Waals surface area (Å²) in [6, 6.07) is 29.9. The number of unbranched alkanes of at least 4 members (excludes halogenated alkanes) is 1. The van der Waals surface area contributed by atoms with Gasteiger partial charge in [-0.3, -0.25) is 48.1 Å². The van der Waals surface area contributed by atoms with Gasteiger partial charge in [0.05, 0.1) is 6.10 Å². The van der Waals surface area contributed by atoms with Crippen molar-refractivity contribution in [3.05, 3.63) is 185 Å². The van der Waals surface area contributed by atoms with E-state index in [2.05, 4.69) is 119 Å². The normalized spacial score (nSPS) is 17.2. The monoisotopic (exact) mass is 1530 g/mol. The summed E-state index contributed by atoms with van der Waals surface area (Å²) in [6.07, 6.45) is 5.37. The van der Waals surface area contributed by atoms with Crippen LogP contribution >= 0.6 is 25.3 Å². The molecule has 16 N–H and O–H groups in total. The molecule has 8 aromatic rings. The van der Waals surface area contributed by atoms with Crippen LogP contribution in [0.3, 0.4) is 0 Å². The second-order valence-electron chi connectivity index (χ2n) is 28.4. The standard InChI is InChI=1S/C81H99N13O13S2/c1-3-33-94-44-51(35-59-58-20-13-23-61-72(58)55(43-84-61)40-69(59)94)41-85-70(97)24-14-25-71(98)86-63(36-48-15-5-4-6-16-48)75(100)91-67(45-108)78(103)88-64(37-49-27-30-56(96)31-28-49)76(101)89-65(39-54-42-83-60-21-10-9-19-57(54)60)77(102)87-62(22-11-12-32-82)74(99)93-73(47(2)95)80(105)92-68(46-109)79(104)90-66(81(106)107)38-50-26-29-52-17-7-8-18-53(52)34-50/h4-10,13,15-21,23,26-31,34,42-43,47,51,59,62-69,73,83-84,95-96,108-109H,3,11-12,14,22,24-25,32-33,35-41,44-46,82H2,1-2H3,(H,85,97)(H,86,98)(H,87,102)(H,88,103)(H,89,101)(H,90,104)(H,91,100)(H,92,105)(H,93,99)(H,106,107)/t47-,51+,59?,62+,63-,64+,65-,66+,67+,68+,69?,73+/m1/s1. The third kappa shape index (κ3) is 22.0.